The molecule has 126 valence electrons. The molecule has 2 heterocycles. The molecule has 25 heavy (non-hydrogen) atoms. The van der Waals surface area contributed by atoms with Crippen LogP contribution in [0.2, 0.25) is 0 Å². The summed E-state index contributed by atoms with van der Waals surface area (Å²) < 4.78 is 6.42. The normalized spacial score (nSPS) is 10.8. The lowest BCUT2D eigenvalue weighted by atomic mass is 10.1. The first-order valence-corrected chi connectivity index (χ1v) is 9.19. The molecule has 0 spiro atoms. The fourth-order valence-corrected chi connectivity index (χ4v) is 3.72. The monoisotopic (exact) mass is 414 g/mol. The predicted octanol–water partition coefficient (Wildman–Crippen LogP) is 4.62. The van der Waals surface area contributed by atoms with Crippen molar-refractivity contribution < 1.29 is 4.52 Å². The molecule has 0 N–H and O–H groups in total. The molecule has 0 amide bonds. The van der Waals surface area contributed by atoms with Crippen molar-refractivity contribution in [1.29, 1.82) is 5.26 Å². The van der Waals surface area contributed by atoms with Crippen LogP contribution in [0.3, 0.4) is 0 Å². The summed E-state index contributed by atoms with van der Waals surface area (Å²) in [6.45, 7) is 5.68. The number of nitrogens with zero attached hydrogens (tertiary/aromatic N) is 4. The smallest absolute Gasteiger partial charge is 0.241 e. The van der Waals surface area contributed by atoms with Gasteiger partial charge in [-0.2, -0.15) is 10.2 Å². The van der Waals surface area contributed by atoms with Crippen LogP contribution in [0, 0.1) is 11.3 Å². The first kappa shape index (κ1) is 17.5. The first-order chi connectivity index (χ1) is 12.2. The van der Waals surface area contributed by atoms with Crippen LogP contribution in [-0.2, 0) is 13.1 Å². The van der Waals surface area contributed by atoms with E-state index >= 15 is 0 Å². The van der Waals surface area contributed by atoms with Gasteiger partial charge in [-0.3, -0.25) is 4.90 Å². The summed E-state index contributed by atoms with van der Waals surface area (Å²) in [5.74, 6) is 1.15. The third kappa shape index (κ3) is 4.63. The molecule has 0 bridgehead atoms. The maximum absolute atomic E-state index is 9.03. The van der Waals surface area contributed by atoms with Crippen LogP contribution >= 0.6 is 27.3 Å². The number of benzene rings is 1. The summed E-state index contributed by atoms with van der Waals surface area (Å²) in [4.78, 5) is 7.56. The molecule has 5 nitrogen and oxygen atoms in total. The molecule has 0 saturated carbocycles. The standard InChI is InChI=1S/C18H15BrN4OS/c1-2-8-23(11-14-5-3-4-13(9-14)10-20)12-17-21-18(22-24-17)15-6-7-16(19)25-15/h2-7,9H,1,8,11-12H2. The largest absolute Gasteiger partial charge is 0.338 e. The number of nitriles is 1. The Morgan fingerprint density at radius 3 is 2.92 bits per heavy atom. The van der Waals surface area contributed by atoms with Crippen molar-refractivity contribution in [2.45, 2.75) is 13.1 Å². The topological polar surface area (TPSA) is 66.0 Å². The van der Waals surface area contributed by atoms with Crippen LogP contribution in [0.1, 0.15) is 17.0 Å². The van der Waals surface area contributed by atoms with E-state index in [4.69, 9.17) is 9.78 Å². The van der Waals surface area contributed by atoms with Crippen LogP contribution in [0.5, 0.6) is 0 Å². The predicted molar refractivity (Wildman–Crippen MR) is 101 cm³/mol. The van der Waals surface area contributed by atoms with Gasteiger partial charge >= 0.3 is 0 Å². The fraction of sp³-hybridized carbons (Fsp3) is 0.167. The summed E-state index contributed by atoms with van der Waals surface area (Å²) in [6.07, 6.45) is 1.84. The van der Waals surface area contributed by atoms with Crippen molar-refractivity contribution in [3.8, 4) is 16.8 Å². The molecular weight excluding hydrogens is 400 g/mol. The minimum atomic E-state index is 0.516. The minimum absolute atomic E-state index is 0.516. The zero-order valence-corrected chi connectivity index (χ0v) is 15.8. The highest BCUT2D eigenvalue weighted by Crippen LogP contribution is 2.29. The van der Waals surface area contributed by atoms with Gasteiger partial charge in [0.1, 0.15) is 0 Å². The Kier molecular flexibility index (Phi) is 5.76. The van der Waals surface area contributed by atoms with Crippen molar-refractivity contribution in [3.63, 3.8) is 0 Å². The first-order valence-electron chi connectivity index (χ1n) is 7.58. The Morgan fingerprint density at radius 2 is 2.20 bits per heavy atom. The summed E-state index contributed by atoms with van der Waals surface area (Å²) >= 11 is 5.00. The van der Waals surface area contributed by atoms with Crippen molar-refractivity contribution >= 4 is 27.3 Å². The maximum Gasteiger partial charge on any atom is 0.241 e. The Balaban J connectivity index is 1.72. The van der Waals surface area contributed by atoms with Gasteiger partial charge in [-0.25, -0.2) is 0 Å². The van der Waals surface area contributed by atoms with E-state index in [-0.39, 0.29) is 0 Å². The number of rotatable bonds is 7. The molecule has 7 heteroatoms. The quantitative estimate of drug-likeness (QED) is 0.527. The molecule has 0 aliphatic carbocycles. The van der Waals surface area contributed by atoms with E-state index in [9.17, 15) is 0 Å². The molecule has 2 aromatic heterocycles. The molecule has 0 unspecified atom stereocenters. The molecule has 0 aliphatic rings. The van der Waals surface area contributed by atoms with Gasteiger partial charge in [-0.1, -0.05) is 23.4 Å². The van der Waals surface area contributed by atoms with Crippen LogP contribution in [0.25, 0.3) is 10.7 Å². The van der Waals surface area contributed by atoms with E-state index in [0.29, 0.717) is 36.9 Å². The van der Waals surface area contributed by atoms with Crippen molar-refractivity contribution in [1.82, 2.24) is 15.0 Å². The van der Waals surface area contributed by atoms with E-state index in [1.807, 2.05) is 36.4 Å². The lowest BCUT2D eigenvalue weighted by Gasteiger charge is -2.18. The van der Waals surface area contributed by atoms with Gasteiger partial charge < -0.3 is 4.52 Å². The summed E-state index contributed by atoms with van der Waals surface area (Å²) in [7, 11) is 0. The molecule has 0 fully saturated rings. The van der Waals surface area contributed by atoms with Gasteiger partial charge in [-0.05, 0) is 45.8 Å². The highest BCUT2D eigenvalue weighted by atomic mass is 79.9. The summed E-state index contributed by atoms with van der Waals surface area (Å²) in [5, 5.41) is 13.1. The van der Waals surface area contributed by atoms with Gasteiger partial charge in [0.15, 0.2) is 0 Å². The van der Waals surface area contributed by atoms with E-state index in [2.05, 4.69) is 43.6 Å². The molecule has 3 rings (SSSR count). The second-order valence-corrected chi connectivity index (χ2v) is 7.85. The zero-order chi connectivity index (χ0) is 17.6. The SMILES string of the molecule is C=CCN(Cc1cccc(C#N)c1)Cc1nc(-c2ccc(Br)s2)no1. The molecule has 0 radical (unpaired) electrons. The van der Waals surface area contributed by atoms with E-state index in [1.54, 1.807) is 17.4 Å². The van der Waals surface area contributed by atoms with Crippen LogP contribution in [0.15, 0.2) is 57.4 Å². The van der Waals surface area contributed by atoms with Gasteiger partial charge in [0.25, 0.3) is 0 Å². The van der Waals surface area contributed by atoms with E-state index in [1.165, 1.54) is 0 Å². The third-order valence-electron chi connectivity index (χ3n) is 3.47. The Bertz CT molecular complexity index is 912. The van der Waals surface area contributed by atoms with Gasteiger partial charge in [-0.15, -0.1) is 17.9 Å². The molecular formula is C18H15BrN4OS. The lowest BCUT2D eigenvalue weighted by molar-refractivity contribution is 0.239. The van der Waals surface area contributed by atoms with Crippen LogP contribution < -0.4 is 0 Å². The second kappa shape index (κ2) is 8.21. The molecule has 0 aliphatic heterocycles. The number of aromatic nitrogens is 2. The van der Waals surface area contributed by atoms with E-state index in [0.717, 1.165) is 14.2 Å². The Morgan fingerprint density at radius 1 is 1.32 bits per heavy atom. The fourth-order valence-electron chi connectivity index (χ4n) is 2.41. The highest BCUT2D eigenvalue weighted by molar-refractivity contribution is 9.11. The van der Waals surface area contributed by atoms with Crippen LogP contribution in [-0.4, -0.2) is 21.6 Å². The second-order valence-electron chi connectivity index (χ2n) is 5.39. The average molecular weight is 415 g/mol. The average Bonchev–Trinajstić information content (AvgIpc) is 3.24. The van der Waals surface area contributed by atoms with Crippen molar-refractivity contribution in [2.75, 3.05) is 6.54 Å². The minimum Gasteiger partial charge on any atom is -0.338 e. The molecule has 0 saturated heterocycles. The molecule has 3 aromatic rings. The van der Waals surface area contributed by atoms with E-state index < -0.39 is 0 Å². The van der Waals surface area contributed by atoms with Crippen molar-refractivity contribution in [3.05, 3.63) is 69.9 Å². The number of halogens is 1. The maximum atomic E-state index is 9.03. The third-order valence-corrected chi connectivity index (χ3v) is 5.09. The van der Waals surface area contributed by atoms with Gasteiger partial charge in [0, 0.05) is 13.1 Å². The zero-order valence-electron chi connectivity index (χ0n) is 13.4. The molecule has 0 atom stereocenters. The molecule has 1 aromatic carbocycles. The van der Waals surface area contributed by atoms with Gasteiger partial charge in [0.05, 0.1) is 26.8 Å². The van der Waals surface area contributed by atoms with Crippen molar-refractivity contribution in [2.24, 2.45) is 0 Å². The highest BCUT2D eigenvalue weighted by Gasteiger charge is 2.14. The lowest BCUT2D eigenvalue weighted by Crippen LogP contribution is -2.23. The Hall–Kier alpha value is -2.27. The summed E-state index contributed by atoms with van der Waals surface area (Å²) in [6, 6.07) is 13.7. The number of hydrogen-bond acceptors (Lipinski definition) is 6. The van der Waals surface area contributed by atoms with Gasteiger partial charge in [0.2, 0.25) is 11.7 Å². The number of thiophene rings is 1. The Labute approximate surface area is 158 Å². The number of hydrogen-bond donors (Lipinski definition) is 0. The summed E-state index contributed by atoms with van der Waals surface area (Å²) in [5.41, 5.74) is 1.71. The van der Waals surface area contributed by atoms with Crippen LogP contribution in [0.4, 0.5) is 0 Å².